The van der Waals surface area contributed by atoms with Crippen molar-refractivity contribution in [3.05, 3.63) is 23.8 Å². The van der Waals surface area contributed by atoms with Crippen LogP contribution in [0.2, 0.25) is 0 Å². The van der Waals surface area contributed by atoms with Crippen molar-refractivity contribution in [2.45, 2.75) is 30.7 Å². The molecule has 3 rings (SSSR count). The third kappa shape index (κ3) is 2.84. The van der Waals surface area contributed by atoms with Crippen LogP contribution < -0.4 is 10.1 Å². The van der Waals surface area contributed by atoms with E-state index in [1.807, 2.05) is 0 Å². The summed E-state index contributed by atoms with van der Waals surface area (Å²) in [5.74, 6) is -0.822. The zero-order chi connectivity index (χ0) is 17.7. The molecular formula is C16H15Cl2NO5. The van der Waals surface area contributed by atoms with Crippen molar-refractivity contribution in [2.75, 3.05) is 11.9 Å². The molecule has 6 nitrogen and oxygen atoms in total. The first-order valence-corrected chi connectivity index (χ1v) is 8.09. The average molecular weight is 372 g/mol. The van der Waals surface area contributed by atoms with Crippen LogP contribution in [0.4, 0.5) is 5.69 Å². The number of hydrogen-bond acceptors (Lipinski definition) is 5. The second kappa shape index (κ2) is 5.63. The summed E-state index contributed by atoms with van der Waals surface area (Å²) in [6, 6.07) is 4.63. The van der Waals surface area contributed by atoms with Crippen LogP contribution >= 0.6 is 23.2 Å². The molecule has 0 saturated heterocycles. The lowest BCUT2D eigenvalue weighted by molar-refractivity contribution is -0.152. The quantitative estimate of drug-likeness (QED) is 0.499. The summed E-state index contributed by atoms with van der Waals surface area (Å²) < 4.78 is 9.30. The number of carbonyl (C=O) groups is 3. The molecule has 1 aromatic carbocycles. The normalized spacial score (nSPS) is 24.9. The van der Waals surface area contributed by atoms with Gasteiger partial charge in [-0.2, -0.15) is 0 Å². The summed E-state index contributed by atoms with van der Waals surface area (Å²) in [6.07, 6.45) is -0.720. The van der Waals surface area contributed by atoms with E-state index >= 15 is 0 Å². The highest BCUT2D eigenvalue weighted by atomic mass is 35.5. The van der Waals surface area contributed by atoms with E-state index in [1.54, 1.807) is 19.1 Å². The van der Waals surface area contributed by atoms with Crippen molar-refractivity contribution < 1.29 is 23.9 Å². The van der Waals surface area contributed by atoms with Gasteiger partial charge in [-0.3, -0.25) is 14.4 Å². The van der Waals surface area contributed by atoms with Crippen LogP contribution in [0, 0.1) is 5.41 Å². The number of alkyl halides is 2. The Hall–Kier alpha value is -1.79. The standard InChI is InChI=1S/C16H15Cl2NO5/c1-8(24-14(22)15(2)7-16(15,17)18)13(21)9-3-4-11-10(5-9)19-12(20)6-23-11/h3-5,8H,6-7H2,1-2H3,(H,19,20)/t8-,15+/m1/s1. The number of hydrogen-bond donors (Lipinski definition) is 1. The van der Waals surface area contributed by atoms with Crippen LogP contribution in [0.3, 0.4) is 0 Å². The molecular weight excluding hydrogens is 357 g/mol. The molecule has 0 aromatic heterocycles. The molecule has 1 aromatic rings. The van der Waals surface area contributed by atoms with Crippen LogP contribution in [-0.4, -0.2) is 34.7 Å². The highest BCUT2D eigenvalue weighted by Crippen LogP contribution is 2.64. The van der Waals surface area contributed by atoms with Gasteiger partial charge in [-0.05, 0) is 32.0 Å². The number of Topliss-reactive ketones (excluding diaryl/α,β-unsaturated/α-hetero) is 1. The number of carbonyl (C=O) groups excluding carboxylic acids is 3. The first kappa shape index (κ1) is 17.0. The maximum absolute atomic E-state index is 12.5. The molecule has 0 unspecified atom stereocenters. The Morgan fingerprint density at radius 2 is 2.04 bits per heavy atom. The summed E-state index contributed by atoms with van der Waals surface area (Å²) in [5, 5.41) is 2.62. The van der Waals surface area contributed by atoms with Gasteiger partial charge >= 0.3 is 5.97 Å². The van der Waals surface area contributed by atoms with E-state index in [1.165, 1.54) is 13.0 Å². The molecule has 1 saturated carbocycles. The molecule has 8 heteroatoms. The van der Waals surface area contributed by atoms with E-state index in [0.29, 0.717) is 17.0 Å². The molecule has 128 valence electrons. The smallest absolute Gasteiger partial charge is 0.315 e. The van der Waals surface area contributed by atoms with E-state index in [0.717, 1.165) is 0 Å². The number of amides is 1. The topological polar surface area (TPSA) is 81.7 Å². The fraction of sp³-hybridized carbons (Fsp3) is 0.438. The summed E-state index contributed by atoms with van der Waals surface area (Å²) in [5.41, 5.74) is -0.295. The SMILES string of the molecule is C[C@@H](OC(=O)[C@]1(C)CC1(Cl)Cl)C(=O)c1ccc2c(c1)NC(=O)CO2. The molecule has 2 atom stereocenters. The predicted octanol–water partition coefficient (Wildman–Crippen LogP) is 2.72. The van der Waals surface area contributed by atoms with Gasteiger partial charge < -0.3 is 14.8 Å². The fourth-order valence-electron chi connectivity index (χ4n) is 2.44. The Labute approximate surface area is 148 Å². The van der Waals surface area contributed by atoms with Crippen LogP contribution in [0.1, 0.15) is 30.6 Å². The number of fused-ring (bicyclic) bond motifs is 1. The molecule has 1 aliphatic heterocycles. The van der Waals surface area contributed by atoms with Crippen LogP contribution in [0.15, 0.2) is 18.2 Å². The maximum atomic E-state index is 12.5. The number of anilines is 1. The van der Waals surface area contributed by atoms with Gasteiger partial charge in [-0.15, -0.1) is 23.2 Å². The number of benzene rings is 1. The highest BCUT2D eigenvalue weighted by Gasteiger charge is 2.69. The fourth-order valence-corrected chi connectivity index (χ4v) is 3.13. The number of rotatable bonds is 4. The zero-order valence-electron chi connectivity index (χ0n) is 13.0. The van der Waals surface area contributed by atoms with Gasteiger partial charge in [0.25, 0.3) is 5.91 Å². The summed E-state index contributed by atoms with van der Waals surface area (Å²) >= 11 is 11.9. The van der Waals surface area contributed by atoms with Crippen molar-refractivity contribution >= 4 is 46.5 Å². The molecule has 1 fully saturated rings. The van der Waals surface area contributed by atoms with Gasteiger partial charge in [0.05, 0.1) is 5.69 Å². The van der Waals surface area contributed by atoms with Gasteiger partial charge in [0.1, 0.15) is 15.5 Å². The average Bonchev–Trinajstić information content (AvgIpc) is 3.05. The Kier molecular flexibility index (Phi) is 4.00. The van der Waals surface area contributed by atoms with E-state index in [-0.39, 0.29) is 18.9 Å². The van der Waals surface area contributed by atoms with E-state index in [9.17, 15) is 14.4 Å². The summed E-state index contributed by atoms with van der Waals surface area (Å²) in [4.78, 5) is 36.0. The minimum Gasteiger partial charge on any atom is -0.482 e. The Morgan fingerprint density at radius 1 is 1.38 bits per heavy atom. The van der Waals surface area contributed by atoms with Gasteiger partial charge in [0.15, 0.2) is 12.7 Å². The highest BCUT2D eigenvalue weighted by molar-refractivity contribution is 6.53. The zero-order valence-corrected chi connectivity index (χ0v) is 14.5. The molecule has 1 heterocycles. The molecule has 0 bridgehead atoms. The maximum Gasteiger partial charge on any atom is 0.315 e. The lowest BCUT2D eigenvalue weighted by Gasteiger charge is -2.20. The molecule has 1 N–H and O–H groups in total. The van der Waals surface area contributed by atoms with E-state index in [2.05, 4.69) is 5.32 Å². The van der Waals surface area contributed by atoms with Gasteiger partial charge in [-0.25, -0.2) is 0 Å². The molecule has 24 heavy (non-hydrogen) atoms. The van der Waals surface area contributed by atoms with Crippen molar-refractivity contribution in [3.8, 4) is 5.75 Å². The molecule has 0 spiro atoms. The van der Waals surface area contributed by atoms with E-state index < -0.39 is 27.6 Å². The van der Waals surface area contributed by atoms with Gasteiger partial charge in [0.2, 0.25) is 5.78 Å². The molecule has 0 radical (unpaired) electrons. The van der Waals surface area contributed by atoms with Gasteiger partial charge in [0, 0.05) is 12.0 Å². The van der Waals surface area contributed by atoms with Gasteiger partial charge in [-0.1, -0.05) is 0 Å². The minimum atomic E-state index is -1.15. The second-order valence-corrected chi connectivity index (χ2v) is 7.66. The van der Waals surface area contributed by atoms with Crippen molar-refractivity contribution in [2.24, 2.45) is 5.41 Å². The summed E-state index contributed by atoms with van der Waals surface area (Å²) in [7, 11) is 0. The van der Waals surface area contributed by atoms with Crippen molar-refractivity contribution in [3.63, 3.8) is 0 Å². The van der Waals surface area contributed by atoms with Crippen molar-refractivity contribution in [1.29, 1.82) is 0 Å². The molecule has 1 amide bonds. The minimum absolute atomic E-state index is 0.0640. The Balaban J connectivity index is 1.71. The van der Waals surface area contributed by atoms with Crippen LogP contribution in [-0.2, 0) is 14.3 Å². The molecule has 1 aliphatic carbocycles. The lowest BCUT2D eigenvalue weighted by atomic mass is 10.0. The van der Waals surface area contributed by atoms with Crippen LogP contribution in [0.25, 0.3) is 0 Å². The summed E-state index contributed by atoms with van der Waals surface area (Å²) in [6.45, 7) is 3.01. The second-order valence-electron chi connectivity index (χ2n) is 6.17. The third-order valence-electron chi connectivity index (χ3n) is 4.26. The Morgan fingerprint density at radius 3 is 2.67 bits per heavy atom. The first-order chi connectivity index (χ1) is 11.1. The predicted molar refractivity (Wildman–Crippen MR) is 87.6 cm³/mol. The van der Waals surface area contributed by atoms with Crippen molar-refractivity contribution in [1.82, 2.24) is 0 Å². The Bertz CT molecular complexity index is 748. The van der Waals surface area contributed by atoms with E-state index in [4.69, 9.17) is 32.7 Å². The third-order valence-corrected chi connectivity index (χ3v) is 5.36. The number of ether oxygens (including phenoxy) is 2. The number of esters is 1. The number of nitrogens with one attached hydrogen (secondary N) is 1. The number of ketones is 1. The first-order valence-electron chi connectivity index (χ1n) is 7.34. The lowest BCUT2D eigenvalue weighted by Crippen LogP contribution is -2.30. The monoisotopic (exact) mass is 371 g/mol. The number of halogens is 2. The molecule has 2 aliphatic rings. The largest absolute Gasteiger partial charge is 0.482 e. The van der Waals surface area contributed by atoms with Crippen LogP contribution in [0.5, 0.6) is 5.75 Å².